The van der Waals surface area contributed by atoms with Crippen LogP contribution in [-0.4, -0.2) is 10.1 Å². The fraction of sp³-hybridized carbons (Fsp3) is 0. The van der Waals surface area contributed by atoms with Crippen LogP contribution in [0.1, 0.15) is 0 Å². The summed E-state index contributed by atoms with van der Waals surface area (Å²) in [5.41, 5.74) is 4.31. The van der Waals surface area contributed by atoms with Crippen LogP contribution in [0.15, 0.2) is 67.1 Å². The molecule has 0 spiro atoms. The van der Waals surface area contributed by atoms with Gasteiger partial charge in [0, 0.05) is 24.0 Å². The Kier molecular flexibility index (Phi) is 3.12. The van der Waals surface area contributed by atoms with Gasteiger partial charge in [-0.25, -0.2) is 8.78 Å². The quantitative estimate of drug-likeness (QED) is 0.562. The highest BCUT2D eigenvalue weighted by molar-refractivity contribution is 5.89. The summed E-state index contributed by atoms with van der Waals surface area (Å²) in [6, 6.07) is 13.1. The van der Waals surface area contributed by atoms with Gasteiger partial charge in [-0.3, -0.25) is 4.98 Å². The Balaban J connectivity index is 2.04. The van der Waals surface area contributed by atoms with Crippen LogP contribution in [0.3, 0.4) is 0 Å². The molecule has 0 saturated carbocycles. The number of benzene rings is 1. The number of fused-ring (bicyclic) bond motifs is 1. The molecular weight excluding hydrogens is 296 g/mol. The van der Waals surface area contributed by atoms with Crippen molar-refractivity contribution in [3.63, 3.8) is 0 Å². The highest BCUT2D eigenvalue weighted by atomic mass is 19.1. The average molecular weight is 308 g/mol. The number of aromatic amines is 1. The molecule has 23 heavy (non-hydrogen) atoms. The van der Waals surface area contributed by atoms with Gasteiger partial charge in [0.15, 0.2) is 5.82 Å². The summed E-state index contributed by atoms with van der Waals surface area (Å²) in [5.74, 6) is -0.635. The molecule has 5 heteroatoms. The second-order valence-corrected chi connectivity index (χ2v) is 5.21. The minimum absolute atomic E-state index is 0.297. The van der Waals surface area contributed by atoms with Gasteiger partial charge in [0.25, 0.3) is 0 Å². The van der Waals surface area contributed by atoms with Crippen LogP contribution < -0.4 is 4.52 Å². The topological polar surface area (TPSA) is 32.8 Å². The maximum absolute atomic E-state index is 13.5. The Bertz CT molecular complexity index is 977. The van der Waals surface area contributed by atoms with Gasteiger partial charge in [0.2, 0.25) is 11.7 Å². The molecule has 0 unspecified atom stereocenters. The lowest BCUT2D eigenvalue weighted by Gasteiger charge is -2.01. The first-order valence-electron chi connectivity index (χ1n) is 7.11. The summed E-state index contributed by atoms with van der Waals surface area (Å²) in [7, 11) is 0. The van der Waals surface area contributed by atoms with Crippen molar-refractivity contribution in [2.24, 2.45) is 0 Å². The van der Waals surface area contributed by atoms with Crippen molar-refractivity contribution < 1.29 is 13.3 Å². The van der Waals surface area contributed by atoms with Gasteiger partial charge in [-0.15, -0.1) is 0 Å². The van der Waals surface area contributed by atoms with Crippen LogP contribution in [-0.2, 0) is 0 Å². The van der Waals surface area contributed by atoms with Crippen LogP contribution in [0.4, 0.5) is 8.78 Å². The summed E-state index contributed by atoms with van der Waals surface area (Å²) in [5, 5.41) is 3.17. The van der Waals surface area contributed by atoms with E-state index in [1.54, 1.807) is 35.1 Å². The van der Waals surface area contributed by atoms with Crippen molar-refractivity contribution in [3.05, 3.63) is 78.8 Å². The van der Waals surface area contributed by atoms with E-state index in [4.69, 9.17) is 0 Å². The molecule has 0 atom stereocenters. The van der Waals surface area contributed by atoms with Crippen LogP contribution in [0.25, 0.3) is 27.9 Å². The lowest BCUT2D eigenvalue weighted by Crippen LogP contribution is -2.22. The molecule has 112 valence electrons. The molecule has 0 fully saturated rings. The van der Waals surface area contributed by atoms with Crippen LogP contribution in [0, 0.1) is 11.6 Å². The van der Waals surface area contributed by atoms with E-state index in [0.717, 1.165) is 27.9 Å². The summed E-state index contributed by atoms with van der Waals surface area (Å²) in [6.07, 6.45) is 4.79. The summed E-state index contributed by atoms with van der Waals surface area (Å²) >= 11 is 0. The van der Waals surface area contributed by atoms with E-state index in [1.807, 2.05) is 12.1 Å². The van der Waals surface area contributed by atoms with Crippen LogP contribution in [0.5, 0.6) is 0 Å². The number of rotatable bonds is 2. The fourth-order valence-electron chi connectivity index (χ4n) is 2.71. The zero-order valence-corrected chi connectivity index (χ0v) is 12.0. The molecule has 0 saturated heterocycles. The molecule has 3 aromatic heterocycles. The van der Waals surface area contributed by atoms with E-state index >= 15 is 0 Å². The van der Waals surface area contributed by atoms with Crippen molar-refractivity contribution >= 4 is 5.52 Å². The van der Waals surface area contributed by atoms with Crippen LogP contribution in [0.2, 0.25) is 0 Å². The van der Waals surface area contributed by atoms with E-state index in [2.05, 4.69) is 10.1 Å². The Hall–Kier alpha value is -3.08. The van der Waals surface area contributed by atoms with Gasteiger partial charge in [-0.1, -0.05) is 4.52 Å². The van der Waals surface area contributed by atoms with Crippen LogP contribution >= 0.6 is 0 Å². The third kappa shape index (κ3) is 2.36. The number of nitrogens with zero attached hydrogens (tertiary/aromatic N) is 2. The van der Waals surface area contributed by atoms with Crippen molar-refractivity contribution in [1.82, 2.24) is 10.1 Å². The van der Waals surface area contributed by atoms with E-state index in [9.17, 15) is 8.78 Å². The molecule has 0 aliphatic carbocycles. The van der Waals surface area contributed by atoms with Gasteiger partial charge in [0.1, 0.15) is 11.5 Å². The monoisotopic (exact) mass is 308 g/mol. The molecule has 4 aromatic rings. The Morgan fingerprint density at radius 3 is 2.22 bits per heavy atom. The van der Waals surface area contributed by atoms with Gasteiger partial charge in [-0.05, 0) is 48.0 Å². The van der Waals surface area contributed by atoms with E-state index in [1.165, 1.54) is 24.4 Å². The van der Waals surface area contributed by atoms with E-state index < -0.39 is 0 Å². The van der Waals surface area contributed by atoms with Crippen molar-refractivity contribution in [2.75, 3.05) is 0 Å². The standard InChI is InChI=1S/C18H11F2N3/c19-14-3-1-13(2-4-14)18-17(12-7-9-21-10-8-12)16-6-5-15(20)11-23(16)22-18/h1-11H/p+1. The first kappa shape index (κ1) is 13.6. The number of aromatic nitrogens is 3. The normalized spacial score (nSPS) is 11.0. The Morgan fingerprint density at radius 1 is 0.783 bits per heavy atom. The first-order chi connectivity index (χ1) is 11.2. The molecule has 0 aliphatic rings. The number of halogens is 2. The zero-order valence-electron chi connectivity index (χ0n) is 12.0. The summed E-state index contributed by atoms with van der Waals surface area (Å²) in [4.78, 5) is 4.04. The molecule has 0 bridgehead atoms. The molecule has 0 radical (unpaired) electrons. The predicted molar refractivity (Wildman–Crippen MR) is 82.5 cm³/mol. The molecule has 3 nitrogen and oxygen atoms in total. The van der Waals surface area contributed by atoms with Gasteiger partial charge < -0.3 is 0 Å². The smallest absolute Gasteiger partial charge is 0.245 e. The SMILES string of the molecule is Fc1ccc(-c2[nH][n+]3cc(F)ccc3c2-c2ccncc2)cc1. The molecule has 1 aromatic carbocycles. The lowest BCUT2D eigenvalue weighted by atomic mass is 10.0. The molecule has 3 heterocycles. The highest BCUT2D eigenvalue weighted by Crippen LogP contribution is 2.32. The maximum atomic E-state index is 13.5. The molecule has 1 N–H and O–H groups in total. The maximum Gasteiger partial charge on any atom is 0.245 e. The largest absolute Gasteiger partial charge is 0.265 e. The second kappa shape index (κ2) is 5.28. The number of hydrogen-bond donors (Lipinski definition) is 1. The van der Waals surface area contributed by atoms with Gasteiger partial charge in [0.05, 0.1) is 5.56 Å². The van der Waals surface area contributed by atoms with Crippen molar-refractivity contribution in [1.29, 1.82) is 0 Å². The summed E-state index contributed by atoms with van der Waals surface area (Å²) < 4.78 is 28.4. The van der Waals surface area contributed by atoms with E-state index in [0.29, 0.717) is 0 Å². The minimum Gasteiger partial charge on any atom is -0.265 e. The van der Waals surface area contributed by atoms with Crippen molar-refractivity contribution in [3.8, 4) is 22.4 Å². The highest BCUT2D eigenvalue weighted by Gasteiger charge is 2.22. The molecule has 4 rings (SSSR count). The molecule has 0 aliphatic heterocycles. The summed E-state index contributed by atoms with van der Waals surface area (Å²) in [6.45, 7) is 0. The second-order valence-electron chi connectivity index (χ2n) is 5.21. The fourth-order valence-corrected chi connectivity index (χ4v) is 2.71. The number of hydrogen-bond acceptors (Lipinski definition) is 1. The van der Waals surface area contributed by atoms with Gasteiger partial charge >= 0.3 is 0 Å². The third-order valence-electron chi connectivity index (χ3n) is 3.75. The average Bonchev–Trinajstić information content (AvgIpc) is 2.94. The first-order valence-corrected chi connectivity index (χ1v) is 7.11. The Morgan fingerprint density at radius 2 is 1.48 bits per heavy atom. The number of nitrogens with one attached hydrogen (secondary N) is 1. The minimum atomic E-state index is -0.337. The van der Waals surface area contributed by atoms with Crippen molar-refractivity contribution in [2.45, 2.75) is 0 Å². The third-order valence-corrected chi connectivity index (χ3v) is 3.75. The number of H-pyrrole nitrogens is 1. The Labute approximate surface area is 130 Å². The predicted octanol–water partition coefficient (Wildman–Crippen LogP) is 3.76. The van der Waals surface area contributed by atoms with Gasteiger partial charge in [-0.2, -0.15) is 5.10 Å². The van der Waals surface area contributed by atoms with E-state index in [-0.39, 0.29) is 11.6 Å². The zero-order chi connectivity index (χ0) is 15.8. The molecule has 0 amide bonds. The lowest BCUT2D eigenvalue weighted by molar-refractivity contribution is -0.577. The molecular formula is C18H12F2N3+. The number of pyridine rings is 2.